The van der Waals surface area contributed by atoms with Crippen molar-refractivity contribution in [2.75, 3.05) is 13.4 Å². The number of nitrogens with zero attached hydrogens (tertiary/aromatic N) is 1. The summed E-state index contributed by atoms with van der Waals surface area (Å²) in [7, 11) is 1.39. The van der Waals surface area contributed by atoms with Crippen LogP contribution in [0, 0.1) is 5.92 Å². The molecule has 0 amide bonds. The lowest BCUT2D eigenvalue weighted by Crippen LogP contribution is -2.63. The average Bonchev–Trinajstić information content (AvgIpc) is 2.44. The second-order valence-electron chi connectivity index (χ2n) is 4.96. The number of ether oxygens (including phenoxy) is 2. The van der Waals surface area contributed by atoms with Gasteiger partial charge in [-0.3, -0.25) is 9.79 Å². The van der Waals surface area contributed by atoms with E-state index in [2.05, 4.69) is 10.3 Å². The van der Waals surface area contributed by atoms with Crippen LogP contribution in [0.2, 0.25) is 0 Å². The van der Waals surface area contributed by atoms with E-state index in [0.29, 0.717) is 0 Å². The molecule has 2 heterocycles. The monoisotopic (exact) mass is 292 g/mol. The average molecular weight is 292 g/mol. The number of fused-ring (bicyclic) bond motifs is 4. The summed E-state index contributed by atoms with van der Waals surface area (Å²) in [5, 5.41) is 3.98. The number of esters is 1. The lowest BCUT2D eigenvalue weighted by molar-refractivity contribution is -0.158. The van der Waals surface area contributed by atoms with E-state index in [1.165, 1.54) is 18.9 Å². The zero-order valence-corrected chi connectivity index (χ0v) is 12.4. The number of carbonyl (C=O) groups is 1. The highest BCUT2D eigenvalue weighted by molar-refractivity contribution is 8.13. The number of rotatable bonds is 1. The van der Waals surface area contributed by atoms with Crippen molar-refractivity contribution in [2.45, 2.75) is 18.7 Å². The molecule has 0 aliphatic carbocycles. The molecule has 0 spiro atoms. The highest BCUT2D eigenvalue weighted by atomic mass is 32.2. The molecule has 5 nitrogen and oxygen atoms in total. The van der Waals surface area contributed by atoms with E-state index in [0.717, 1.165) is 16.5 Å². The zero-order chi connectivity index (χ0) is 14.3. The summed E-state index contributed by atoms with van der Waals surface area (Å²) in [6, 6.07) is 7.41. The lowest BCUT2D eigenvalue weighted by Gasteiger charge is -2.47. The van der Waals surface area contributed by atoms with Crippen molar-refractivity contribution in [1.82, 2.24) is 5.32 Å². The van der Waals surface area contributed by atoms with Crippen molar-refractivity contribution in [3.8, 4) is 5.75 Å². The SMILES string of the molecule is COC(=O)[C@@H]1[C@@H]2N=C(SC)N[C@]1(C)Oc1ccccc12. The molecule has 3 rings (SSSR count). The van der Waals surface area contributed by atoms with Gasteiger partial charge < -0.3 is 14.8 Å². The summed E-state index contributed by atoms with van der Waals surface area (Å²) in [5.74, 6) is -0.0572. The third-order valence-electron chi connectivity index (χ3n) is 3.73. The highest BCUT2D eigenvalue weighted by Crippen LogP contribution is 2.47. The maximum Gasteiger partial charge on any atom is 0.317 e. The summed E-state index contributed by atoms with van der Waals surface area (Å²) in [5.41, 5.74) is 0.0834. The first-order valence-electron chi connectivity index (χ1n) is 6.35. The molecule has 1 aromatic carbocycles. The number of benzene rings is 1. The fraction of sp³-hybridized carbons (Fsp3) is 0.429. The van der Waals surface area contributed by atoms with Crippen LogP contribution in [-0.2, 0) is 9.53 Å². The molecule has 106 valence electrons. The van der Waals surface area contributed by atoms with Gasteiger partial charge in [0.25, 0.3) is 0 Å². The smallest absolute Gasteiger partial charge is 0.317 e. The standard InChI is InChI=1S/C14H16N2O3S/c1-14-10(12(17)18-2)11(15-13(16-14)20-3)8-6-4-5-7-9(8)19-14/h4-7,10-11H,1-3H3,(H,15,16)/t10-,11+,14+/m0/s1. The first-order chi connectivity index (χ1) is 9.59. The molecule has 0 unspecified atom stereocenters. The Morgan fingerprint density at radius 3 is 2.95 bits per heavy atom. The van der Waals surface area contributed by atoms with Crippen molar-refractivity contribution >= 4 is 22.9 Å². The topological polar surface area (TPSA) is 59.9 Å². The number of nitrogens with one attached hydrogen (secondary N) is 1. The molecule has 2 bridgehead atoms. The van der Waals surface area contributed by atoms with Gasteiger partial charge >= 0.3 is 5.97 Å². The molecular formula is C14H16N2O3S. The van der Waals surface area contributed by atoms with Gasteiger partial charge in [0.1, 0.15) is 17.7 Å². The number of hydrogen-bond donors (Lipinski definition) is 1. The summed E-state index contributed by atoms with van der Waals surface area (Å²) in [6.45, 7) is 1.86. The van der Waals surface area contributed by atoms with Gasteiger partial charge in [-0.05, 0) is 19.2 Å². The minimum atomic E-state index is -0.841. The second kappa shape index (κ2) is 4.70. The van der Waals surface area contributed by atoms with Gasteiger partial charge in [0.15, 0.2) is 10.9 Å². The van der Waals surface area contributed by atoms with Gasteiger partial charge in [-0.1, -0.05) is 30.0 Å². The predicted octanol–water partition coefficient (Wildman–Crippen LogP) is 1.95. The Morgan fingerprint density at radius 1 is 1.50 bits per heavy atom. The molecule has 1 aromatic rings. The quantitative estimate of drug-likeness (QED) is 0.802. The fourth-order valence-corrected chi connectivity index (χ4v) is 3.32. The third kappa shape index (κ3) is 1.86. The van der Waals surface area contributed by atoms with Crippen LogP contribution in [0.15, 0.2) is 29.3 Å². The normalized spacial score (nSPS) is 30.4. The van der Waals surface area contributed by atoms with Crippen molar-refractivity contribution in [1.29, 1.82) is 0 Å². The maximum absolute atomic E-state index is 12.2. The number of para-hydroxylation sites is 1. The lowest BCUT2D eigenvalue weighted by atomic mass is 9.81. The van der Waals surface area contributed by atoms with Gasteiger partial charge in [0, 0.05) is 5.56 Å². The van der Waals surface area contributed by atoms with Gasteiger partial charge in [-0.15, -0.1) is 0 Å². The van der Waals surface area contributed by atoms with Gasteiger partial charge in [-0.2, -0.15) is 0 Å². The first kappa shape index (κ1) is 13.3. The van der Waals surface area contributed by atoms with Crippen LogP contribution >= 0.6 is 11.8 Å². The Morgan fingerprint density at radius 2 is 2.25 bits per heavy atom. The Balaban J connectivity index is 2.16. The molecule has 2 aliphatic rings. The van der Waals surface area contributed by atoms with Crippen molar-refractivity contribution < 1.29 is 14.3 Å². The highest BCUT2D eigenvalue weighted by Gasteiger charge is 2.54. The zero-order valence-electron chi connectivity index (χ0n) is 11.5. The molecule has 0 saturated carbocycles. The number of hydrogen-bond acceptors (Lipinski definition) is 6. The van der Waals surface area contributed by atoms with Gasteiger partial charge in [0.05, 0.1) is 7.11 Å². The van der Waals surface area contributed by atoms with E-state index in [9.17, 15) is 4.79 Å². The van der Waals surface area contributed by atoms with E-state index in [4.69, 9.17) is 9.47 Å². The van der Waals surface area contributed by atoms with Crippen molar-refractivity contribution in [3.05, 3.63) is 29.8 Å². The van der Waals surface area contributed by atoms with Crippen LogP contribution in [0.25, 0.3) is 0 Å². The van der Waals surface area contributed by atoms with Crippen LogP contribution in [0.4, 0.5) is 0 Å². The van der Waals surface area contributed by atoms with Crippen LogP contribution < -0.4 is 10.1 Å². The first-order valence-corrected chi connectivity index (χ1v) is 7.57. The fourth-order valence-electron chi connectivity index (χ4n) is 2.79. The molecule has 0 aromatic heterocycles. The number of aliphatic imine (C=N–C) groups is 1. The molecule has 3 atom stereocenters. The van der Waals surface area contributed by atoms with E-state index in [1.54, 1.807) is 0 Å². The number of carbonyl (C=O) groups excluding carboxylic acids is 1. The molecule has 1 N–H and O–H groups in total. The molecular weight excluding hydrogens is 276 g/mol. The Bertz CT molecular complexity index is 590. The number of thioether (sulfide) groups is 1. The van der Waals surface area contributed by atoms with Gasteiger partial charge in [-0.25, -0.2) is 0 Å². The van der Waals surface area contributed by atoms with Crippen LogP contribution in [0.3, 0.4) is 0 Å². The third-order valence-corrected chi connectivity index (χ3v) is 4.32. The minimum Gasteiger partial charge on any atom is -0.469 e. The van der Waals surface area contributed by atoms with E-state index in [1.807, 2.05) is 37.4 Å². The Hall–Kier alpha value is -1.69. The minimum absolute atomic E-state index is 0.277. The molecule has 0 radical (unpaired) electrons. The second-order valence-corrected chi connectivity index (χ2v) is 5.75. The van der Waals surface area contributed by atoms with E-state index in [-0.39, 0.29) is 12.0 Å². The van der Waals surface area contributed by atoms with Crippen molar-refractivity contribution in [2.24, 2.45) is 10.9 Å². The molecule has 0 fully saturated rings. The summed E-state index contributed by atoms with van der Waals surface area (Å²) < 4.78 is 11.0. The maximum atomic E-state index is 12.2. The Labute approximate surface area is 121 Å². The van der Waals surface area contributed by atoms with Crippen LogP contribution in [-0.4, -0.2) is 30.2 Å². The molecule has 20 heavy (non-hydrogen) atoms. The van der Waals surface area contributed by atoms with E-state index < -0.39 is 11.6 Å². The predicted molar refractivity (Wildman–Crippen MR) is 77.8 cm³/mol. The van der Waals surface area contributed by atoms with Crippen molar-refractivity contribution in [3.63, 3.8) is 0 Å². The van der Waals surface area contributed by atoms with Crippen LogP contribution in [0.5, 0.6) is 5.75 Å². The summed E-state index contributed by atoms with van der Waals surface area (Å²) in [4.78, 5) is 16.8. The number of amidine groups is 1. The summed E-state index contributed by atoms with van der Waals surface area (Å²) >= 11 is 1.50. The van der Waals surface area contributed by atoms with Crippen LogP contribution in [0.1, 0.15) is 18.5 Å². The Kier molecular flexibility index (Phi) is 3.12. The van der Waals surface area contributed by atoms with E-state index >= 15 is 0 Å². The number of methoxy groups -OCH3 is 1. The molecule has 6 heteroatoms. The molecule has 2 aliphatic heterocycles. The largest absolute Gasteiger partial charge is 0.469 e. The molecule has 0 saturated heterocycles. The van der Waals surface area contributed by atoms with Gasteiger partial charge in [0.2, 0.25) is 0 Å². The summed E-state index contributed by atoms with van der Waals surface area (Å²) in [6.07, 6.45) is 1.94.